The first-order chi connectivity index (χ1) is 7.66. The Morgan fingerprint density at radius 2 is 0.562 bits per heavy atom. The van der Waals surface area contributed by atoms with Gasteiger partial charge in [0.2, 0.25) is 0 Å². The lowest BCUT2D eigenvalue weighted by Crippen LogP contribution is -1.36. The molecule has 96 valence electrons. The molecule has 0 aliphatic heterocycles. The van der Waals surface area contributed by atoms with Crippen molar-refractivity contribution in [3.8, 4) is 0 Å². The molecule has 16 heavy (non-hydrogen) atoms. The van der Waals surface area contributed by atoms with Crippen molar-refractivity contribution in [2.45, 2.75) is 53.4 Å². The summed E-state index contributed by atoms with van der Waals surface area (Å²) in [6.45, 7) is 22.2. The molecule has 0 fully saturated rings. The van der Waals surface area contributed by atoms with Gasteiger partial charge in [-0.15, -0.1) is 26.3 Å². The highest BCUT2D eigenvalue weighted by Crippen LogP contribution is 1.67. The third kappa shape index (κ3) is 212. The van der Waals surface area contributed by atoms with Crippen LogP contribution in [0.15, 0.2) is 50.6 Å². The van der Waals surface area contributed by atoms with Crippen molar-refractivity contribution in [3.63, 3.8) is 0 Å². The minimum atomic E-state index is 1.08. The van der Waals surface area contributed by atoms with E-state index in [4.69, 9.17) is 0 Å². The van der Waals surface area contributed by atoms with E-state index in [1.54, 1.807) is 0 Å². The van der Waals surface area contributed by atoms with Gasteiger partial charge < -0.3 is 0 Å². The van der Waals surface area contributed by atoms with Crippen molar-refractivity contribution < 1.29 is 0 Å². The Labute approximate surface area is 104 Å². The molecule has 0 nitrogen and oxygen atoms in total. The summed E-state index contributed by atoms with van der Waals surface area (Å²) in [5.74, 6) is 0. The van der Waals surface area contributed by atoms with Crippen molar-refractivity contribution in [3.05, 3.63) is 50.6 Å². The summed E-state index contributed by atoms with van der Waals surface area (Å²) in [4.78, 5) is 0. The quantitative estimate of drug-likeness (QED) is 0.489. The maximum Gasteiger partial charge on any atom is -0.0382 e. The highest BCUT2D eigenvalue weighted by molar-refractivity contribution is 4.61. The third-order valence-corrected chi connectivity index (χ3v) is 1.15. The van der Waals surface area contributed by atoms with Crippen LogP contribution in [0, 0.1) is 0 Å². The Morgan fingerprint density at radius 3 is 0.562 bits per heavy atom. The minimum absolute atomic E-state index is 1.08. The lowest BCUT2D eigenvalue weighted by Gasteiger charge is -1.57. The van der Waals surface area contributed by atoms with Gasteiger partial charge in [-0.1, -0.05) is 52.0 Å². The van der Waals surface area contributed by atoms with E-state index in [-0.39, 0.29) is 0 Å². The first-order valence-electron chi connectivity index (χ1n) is 6.09. The Bertz CT molecular complexity index is 88.0. The molecule has 0 unspecified atom stereocenters. The van der Waals surface area contributed by atoms with Gasteiger partial charge in [0.15, 0.2) is 0 Å². The molecule has 0 bridgehead atoms. The average Bonchev–Trinajstić information content (AvgIpc) is 2.39. The normalized spacial score (nSPS) is 6.25. The van der Waals surface area contributed by atoms with Crippen molar-refractivity contribution >= 4 is 0 Å². The highest BCUT2D eigenvalue weighted by atomic mass is 13.5. The molecular weight excluding hydrogens is 192 g/mol. The smallest absolute Gasteiger partial charge is 0.0382 e. The van der Waals surface area contributed by atoms with E-state index in [0.29, 0.717) is 0 Å². The van der Waals surface area contributed by atoms with Crippen LogP contribution in [0.4, 0.5) is 0 Å². The van der Waals surface area contributed by atoms with E-state index in [0.717, 1.165) is 25.7 Å². The van der Waals surface area contributed by atoms with E-state index in [9.17, 15) is 0 Å². The van der Waals surface area contributed by atoms with E-state index in [2.05, 4.69) is 54.0 Å². The fourth-order valence-electron chi connectivity index (χ4n) is 0. The number of rotatable bonds is 4. The Hall–Kier alpha value is -1.04. The summed E-state index contributed by atoms with van der Waals surface area (Å²) in [5.41, 5.74) is 0. The van der Waals surface area contributed by atoms with Gasteiger partial charge in [-0.05, 0) is 25.7 Å². The lowest BCUT2D eigenvalue weighted by atomic mass is 10.5. The van der Waals surface area contributed by atoms with E-state index >= 15 is 0 Å². The maximum atomic E-state index is 3.48. The Balaban J connectivity index is -0.0000000600. The predicted octanol–water partition coefficient (Wildman–Crippen LogP) is 6.33. The second-order valence-electron chi connectivity index (χ2n) is 2.79. The van der Waals surface area contributed by atoms with E-state index in [1.807, 2.05) is 24.3 Å². The van der Waals surface area contributed by atoms with Gasteiger partial charge in [0.25, 0.3) is 0 Å². The molecular formula is C16H32. The molecule has 0 heteroatoms. The number of allylic oxidation sites excluding steroid dienone is 4. The zero-order chi connectivity index (χ0) is 13.7. The van der Waals surface area contributed by atoms with Crippen LogP contribution in [0.5, 0.6) is 0 Å². The van der Waals surface area contributed by atoms with Gasteiger partial charge in [0.05, 0.1) is 0 Å². The van der Waals surface area contributed by atoms with Gasteiger partial charge in [0.1, 0.15) is 0 Å². The second kappa shape index (κ2) is 48.4. The van der Waals surface area contributed by atoms with Crippen molar-refractivity contribution in [1.82, 2.24) is 0 Å². The summed E-state index contributed by atoms with van der Waals surface area (Å²) < 4.78 is 0. The second-order valence-corrected chi connectivity index (χ2v) is 2.79. The number of hydrogen-bond acceptors (Lipinski definition) is 0. The molecule has 0 amide bonds. The maximum absolute atomic E-state index is 3.48. The molecule has 0 atom stereocenters. The van der Waals surface area contributed by atoms with Crippen molar-refractivity contribution in [1.29, 1.82) is 0 Å². The van der Waals surface area contributed by atoms with Crippen LogP contribution in [-0.4, -0.2) is 0 Å². The summed E-state index contributed by atoms with van der Waals surface area (Å²) in [6.07, 6.45) is 11.8. The van der Waals surface area contributed by atoms with Gasteiger partial charge in [0, 0.05) is 0 Å². The summed E-state index contributed by atoms with van der Waals surface area (Å²) in [5, 5.41) is 0. The molecule has 0 aromatic heterocycles. The van der Waals surface area contributed by atoms with Gasteiger partial charge >= 0.3 is 0 Å². The molecule has 0 rings (SSSR count). The van der Waals surface area contributed by atoms with E-state index < -0.39 is 0 Å². The molecule has 0 radical (unpaired) electrons. The van der Waals surface area contributed by atoms with Crippen LogP contribution < -0.4 is 0 Å². The Kier molecular flexibility index (Phi) is 73.4. The monoisotopic (exact) mass is 224 g/mol. The van der Waals surface area contributed by atoms with Crippen molar-refractivity contribution in [2.75, 3.05) is 0 Å². The lowest BCUT2D eigenvalue weighted by molar-refractivity contribution is 1.23. The van der Waals surface area contributed by atoms with Crippen LogP contribution >= 0.6 is 0 Å². The average molecular weight is 224 g/mol. The fourth-order valence-corrected chi connectivity index (χ4v) is 0. The molecule has 0 aliphatic carbocycles. The standard InChI is InChI=1S/4C4H8/c4*1-3-4-2/h4*3H,1,4H2,2H3. The highest BCUT2D eigenvalue weighted by Gasteiger charge is 1.46. The topological polar surface area (TPSA) is 0 Å². The molecule has 0 aliphatic rings. The zero-order valence-corrected chi connectivity index (χ0v) is 12.0. The minimum Gasteiger partial charge on any atom is -0.103 e. The number of hydrogen-bond donors (Lipinski definition) is 0. The van der Waals surface area contributed by atoms with Crippen LogP contribution in [0.25, 0.3) is 0 Å². The molecule has 0 aromatic carbocycles. The summed E-state index contributed by atoms with van der Waals surface area (Å²) in [6, 6.07) is 0. The predicted molar refractivity (Wildman–Crippen MR) is 82.0 cm³/mol. The third-order valence-electron chi connectivity index (χ3n) is 1.15. The van der Waals surface area contributed by atoms with Gasteiger partial charge in [-0.25, -0.2) is 0 Å². The molecule has 0 spiro atoms. The molecule has 0 saturated heterocycles. The van der Waals surface area contributed by atoms with Crippen LogP contribution in [0.2, 0.25) is 0 Å². The molecule has 0 saturated carbocycles. The SMILES string of the molecule is C=CCC.C=CCC.C=CCC.C=CCC. The van der Waals surface area contributed by atoms with Crippen LogP contribution in [-0.2, 0) is 0 Å². The van der Waals surface area contributed by atoms with Crippen molar-refractivity contribution in [2.24, 2.45) is 0 Å². The first-order valence-corrected chi connectivity index (χ1v) is 6.09. The van der Waals surface area contributed by atoms with Gasteiger partial charge in [-0.3, -0.25) is 0 Å². The fraction of sp³-hybridized carbons (Fsp3) is 0.500. The first kappa shape index (κ1) is 24.3. The Morgan fingerprint density at radius 1 is 0.500 bits per heavy atom. The molecule has 0 N–H and O–H groups in total. The molecule has 0 aromatic rings. The van der Waals surface area contributed by atoms with Crippen LogP contribution in [0.3, 0.4) is 0 Å². The summed E-state index contributed by atoms with van der Waals surface area (Å²) in [7, 11) is 0. The van der Waals surface area contributed by atoms with E-state index in [1.165, 1.54) is 0 Å². The zero-order valence-electron chi connectivity index (χ0n) is 12.0. The summed E-state index contributed by atoms with van der Waals surface area (Å²) >= 11 is 0. The van der Waals surface area contributed by atoms with Gasteiger partial charge in [-0.2, -0.15) is 0 Å². The van der Waals surface area contributed by atoms with Crippen LogP contribution in [0.1, 0.15) is 53.4 Å². The molecule has 0 heterocycles. The largest absolute Gasteiger partial charge is 0.103 e.